The summed E-state index contributed by atoms with van der Waals surface area (Å²) in [5, 5.41) is 2.36. The first-order valence-corrected chi connectivity index (χ1v) is 6.09. The molecule has 1 aromatic carbocycles. The summed E-state index contributed by atoms with van der Waals surface area (Å²) in [4.78, 5) is 16.1. The first-order valence-electron chi connectivity index (χ1n) is 5.71. The second kappa shape index (κ2) is 5.85. The van der Waals surface area contributed by atoms with Crippen LogP contribution in [-0.2, 0) is 0 Å². The molecule has 0 saturated heterocycles. The number of pyridine rings is 1. The number of carbonyl (C=O) groups excluding carboxylic acids is 1. The zero-order chi connectivity index (χ0) is 14.7. The molecule has 1 amide bonds. The van der Waals surface area contributed by atoms with Gasteiger partial charge in [-0.2, -0.15) is 0 Å². The number of rotatable bonds is 3. The van der Waals surface area contributed by atoms with Crippen LogP contribution in [0.15, 0.2) is 30.5 Å². The van der Waals surface area contributed by atoms with E-state index in [-0.39, 0.29) is 16.3 Å². The van der Waals surface area contributed by atoms with Crippen molar-refractivity contribution in [3.63, 3.8) is 0 Å². The number of amides is 1. The summed E-state index contributed by atoms with van der Waals surface area (Å²) in [5.74, 6) is 4.13. The zero-order valence-corrected chi connectivity index (χ0v) is 11.3. The van der Waals surface area contributed by atoms with E-state index in [1.807, 2.05) is 0 Å². The molecule has 0 aliphatic rings. The number of halogens is 2. The summed E-state index contributed by atoms with van der Waals surface area (Å²) in [6, 6.07) is 5.96. The molecule has 104 valence electrons. The van der Waals surface area contributed by atoms with Crippen LogP contribution in [0.1, 0.15) is 16.1 Å². The Morgan fingerprint density at radius 3 is 2.85 bits per heavy atom. The summed E-state index contributed by atoms with van der Waals surface area (Å²) in [5.41, 5.74) is 3.70. The molecule has 0 bridgehead atoms. The lowest BCUT2D eigenvalue weighted by Gasteiger charge is -2.11. The highest BCUT2D eigenvalue weighted by molar-refractivity contribution is 6.31. The highest BCUT2D eigenvalue weighted by Gasteiger charge is 2.15. The van der Waals surface area contributed by atoms with E-state index in [1.54, 1.807) is 13.0 Å². The van der Waals surface area contributed by atoms with Crippen molar-refractivity contribution < 1.29 is 9.18 Å². The maximum absolute atomic E-state index is 13.7. The molecular formula is C13H12ClFN4O. The molecule has 0 atom stereocenters. The maximum atomic E-state index is 13.7. The van der Waals surface area contributed by atoms with Gasteiger partial charge in [0.1, 0.15) is 0 Å². The van der Waals surface area contributed by atoms with Crippen LogP contribution in [0.2, 0.25) is 5.02 Å². The standard InChI is InChI=1S/C13H12ClFN4O/c1-7-5-11(19-16)8(6-17-7)13(20)18-10-4-2-3-9(14)12(10)15/h2-6H,16H2,1H3,(H,17,19)(H,18,20). The molecule has 0 radical (unpaired) electrons. The van der Waals surface area contributed by atoms with Gasteiger partial charge in [-0.15, -0.1) is 0 Å². The van der Waals surface area contributed by atoms with Gasteiger partial charge >= 0.3 is 0 Å². The smallest absolute Gasteiger partial charge is 0.259 e. The normalized spacial score (nSPS) is 10.2. The summed E-state index contributed by atoms with van der Waals surface area (Å²) in [7, 11) is 0. The van der Waals surface area contributed by atoms with Gasteiger partial charge < -0.3 is 10.7 Å². The van der Waals surface area contributed by atoms with Crippen LogP contribution in [0.4, 0.5) is 15.8 Å². The van der Waals surface area contributed by atoms with Crippen molar-refractivity contribution in [2.45, 2.75) is 6.92 Å². The van der Waals surface area contributed by atoms with Crippen molar-refractivity contribution in [2.75, 3.05) is 10.7 Å². The van der Waals surface area contributed by atoms with Crippen molar-refractivity contribution in [3.8, 4) is 0 Å². The first kappa shape index (κ1) is 14.2. The van der Waals surface area contributed by atoms with E-state index in [2.05, 4.69) is 15.7 Å². The van der Waals surface area contributed by atoms with Crippen molar-refractivity contribution in [1.82, 2.24) is 4.98 Å². The van der Waals surface area contributed by atoms with E-state index in [0.29, 0.717) is 11.4 Å². The van der Waals surface area contributed by atoms with E-state index in [4.69, 9.17) is 17.4 Å². The number of nitrogens with one attached hydrogen (secondary N) is 2. The Labute approximate surface area is 119 Å². The van der Waals surface area contributed by atoms with Gasteiger partial charge in [-0.3, -0.25) is 15.6 Å². The molecule has 0 saturated carbocycles. The lowest BCUT2D eigenvalue weighted by molar-refractivity contribution is 0.102. The molecule has 1 aromatic heterocycles. The fourth-order valence-electron chi connectivity index (χ4n) is 1.65. The summed E-state index contributed by atoms with van der Waals surface area (Å²) in [6.45, 7) is 1.76. The number of nitrogen functional groups attached to an aromatic ring is 1. The Morgan fingerprint density at radius 2 is 2.15 bits per heavy atom. The molecule has 0 aliphatic heterocycles. The summed E-state index contributed by atoms with van der Waals surface area (Å²) < 4.78 is 13.7. The fraction of sp³-hybridized carbons (Fsp3) is 0.0769. The number of aryl methyl sites for hydroxylation is 1. The average molecular weight is 295 g/mol. The predicted octanol–water partition coefficient (Wildman–Crippen LogP) is 2.72. The van der Waals surface area contributed by atoms with Crippen LogP contribution >= 0.6 is 11.6 Å². The van der Waals surface area contributed by atoms with E-state index >= 15 is 0 Å². The van der Waals surface area contributed by atoms with Crippen LogP contribution in [0.5, 0.6) is 0 Å². The van der Waals surface area contributed by atoms with Crippen LogP contribution in [0, 0.1) is 12.7 Å². The second-order valence-electron chi connectivity index (χ2n) is 4.07. The van der Waals surface area contributed by atoms with Crippen LogP contribution in [0.25, 0.3) is 0 Å². The second-order valence-corrected chi connectivity index (χ2v) is 4.48. The monoisotopic (exact) mass is 294 g/mol. The SMILES string of the molecule is Cc1cc(NN)c(C(=O)Nc2cccc(Cl)c2F)cn1. The molecule has 4 N–H and O–H groups in total. The molecule has 5 nitrogen and oxygen atoms in total. The molecule has 7 heteroatoms. The summed E-state index contributed by atoms with van der Waals surface area (Å²) in [6.07, 6.45) is 1.36. The molecule has 2 aromatic rings. The third kappa shape index (κ3) is 2.87. The van der Waals surface area contributed by atoms with Gasteiger partial charge in [0.2, 0.25) is 0 Å². The van der Waals surface area contributed by atoms with Gasteiger partial charge in [0.15, 0.2) is 5.82 Å². The quantitative estimate of drug-likeness (QED) is 0.600. The predicted molar refractivity (Wildman–Crippen MR) is 76.1 cm³/mol. The van der Waals surface area contributed by atoms with E-state index in [1.165, 1.54) is 24.4 Å². The molecule has 0 aliphatic carbocycles. The van der Waals surface area contributed by atoms with Crippen LogP contribution < -0.4 is 16.6 Å². The van der Waals surface area contributed by atoms with Gasteiger partial charge in [0, 0.05) is 11.9 Å². The third-order valence-electron chi connectivity index (χ3n) is 2.64. The van der Waals surface area contributed by atoms with E-state index < -0.39 is 11.7 Å². The first-order chi connectivity index (χ1) is 9.52. The van der Waals surface area contributed by atoms with Crippen molar-refractivity contribution in [2.24, 2.45) is 5.84 Å². The topological polar surface area (TPSA) is 80.0 Å². The number of benzene rings is 1. The minimum atomic E-state index is -0.690. The van der Waals surface area contributed by atoms with Crippen LogP contribution in [0.3, 0.4) is 0 Å². The number of hydrogen-bond acceptors (Lipinski definition) is 4. The minimum absolute atomic E-state index is 0.00829. The highest BCUT2D eigenvalue weighted by atomic mass is 35.5. The van der Waals surface area contributed by atoms with Crippen molar-refractivity contribution in [1.29, 1.82) is 0 Å². The number of hydrazine groups is 1. The molecule has 2 rings (SSSR count). The number of nitrogens with zero attached hydrogens (tertiary/aromatic N) is 1. The number of carbonyl (C=O) groups is 1. The number of aromatic nitrogens is 1. The Balaban J connectivity index is 2.31. The van der Waals surface area contributed by atoms with Crippen LogP contribution in [-0.4, -0.2) is 10.9 Å². The molecule has 0 spiro atoms. The molecular weight excluding hydrogens is 283 g/mol. The molecule has 0 unspecified atom stereocenters. The van der Waals surface area contributed by atoms with Crippen molar-refractivity contribution in [3.05, 3.63) is 52.6 Å². The number of nitrogens with two attached hydrogens (primary N) is 1. The molecule has 0 fully saturated rings. The lowest BCUT2D eigenvalue weighted by Crippen LogP contribution is -2.18. The van der Waals surface area contributed by atoms with E-state index in [9.17, 15) is 9.18 Å². The van der Waals surface area contributed by atoms with Gasteiger partial charge in [-0.1, -0.05) is 17.7 Å². The zero-order valence-electron chi connectivity index (χ0n) is 10.6. The Hall–Kier alpha value is -2.18. The third-order valence-corrected chi connectivity index (χ3v) is 2.93. The average Bonchev–Trinajstić information content (AvgIpc) is 2.43. The van der Waals surface area contributed by atoms with Gasteiger partial charge in [0.25, 0.3) is 5.91 Å². The minimum Gasteiger partial charge on any atom is -0.323 e. The Bertz CT molecular complexity index is 663. The summed E-state index contributed by atoms with van der Waals surface area (Å²) >= 11 is 5.65. The van der Waals surface area contributed by atoms with Crippen molar-refractivity contribution >= 4 is 28.9 Å². The Morgan fingerprint density at radius 1 is 1.40 bits per heavy atom. The fourth-order valence-corrected chi connectivity index (χ4v) is 1.82. The molecule has 1 heterocycles. The maximum Gasteiger partial charge on any atom is 0.259 e. The van der Waals surface area contributed by atoms with E-state index in [0.717, 1.165) is 0 Å². The van der Waals surface area contributed by atoms with Gasteiger partial charge in [0.05, 0.1) is 22.0 Å². The number of anilines is 2. The molecule has 20 heavy (non-hydrogen) atoms. The Kier molecular flexibility index (Phi) is 4.16. The highest BCUT2D eigenvalue weighted by Crippen LogP contribution is 2.23. The lowest BCUT2D eigenvalue weighted by atomic mass is 10.2. The largest absolute Gasteiger partial charge is 0.323 e. The van der Waals surface area contributed by atoms with Gasteiger partial charge in [-0.25, -0.2) is 4.39 Å². The number of hydrogen-bond donors (Lipinski definition) is 3. The van der Waals surface area contributed by atoms with Gasteiger partial charge in [-0.05, 0) is 25.1 Å².